The summed E-state index contributed by atoms with van der Waals surface area (Å²) >= 11 is 0. The average Bonchev–Trinajstić information content (AvgIpc) is 3.15. The maximum Gasteiger partial charge on any atom is 0.234 e. The largest absolute Gasteiger partial charge is 0.492 e. The lowest BCUT2D eigenvalue weighted by Crippen LogP contribution is -2.50. The Kier molecular flexibility index (Phi) is 6.53. The number of hydrogen-bond acceptors (Lipinski definition) is 5. The molecule has 6 nitrogen and oxygen atoms in total. The van der Waals surface area contributed by atoms with E-state index in [0.717, 1.165) is 57.1 Å². The smallest absolute Gasteiger partial charge is 0.234 e. The summed E-state index contributed by atoms with van der Waals surface area (Å²) in [5.74, 6) is 1.03. The van der Waals surface area contributed by atoms with E-state index < -0.39 is 0 Å². The minimum absolute atomic E-state index is 0.0960. The van der Waals surface area contributed by atoms with Gasteiger partial charge in [-0.3, -0.25) is 9.69 Å². The number of nitrogens with zero attached hydrogens (tertiary/aromatic N) is 2. The van der Waals surface area contributed by atoms with Gasteiger partial charge in [-0.2, -0.15) is 0 Å². The summed E-state index contributed by atoms with van der Waals surface area (Å²) in [5, 5.41) is 3.00. The van der Waals surface area contributed by atoms with Crippen molar-refractivity contribution in [2.75, 3.05) is 57.4 Å². The molecule has 2 heterocycles. The van der Waals surface area contributed by atoms with Gasteiger partial charge in [0.05, 0.1) is 24.9 Å². The topological polar surface area (TPSA) is 54.0 Å². The first-order valence-corrected chi connectivity index (χ1v) is 9.33. The Morgan fingerprint density at radius 2 is 2.08 bits per heavy atom. The number of amides is 1. The number of benzene rings is 1. The molecule has 2 fully saturated rings. The molecule has 2 saturated heterocycles. The fourth-order valence-electron chi connectivity index (χ4n) is 3.43. The molecule has 0 radical (unpaired) electrons. The van der Waals surface area contributed by atoms with Crippen LogP contribution in [0.4, 0.5) is 5.69 Å². The number of anilines is 1. The zero-order valence-electron chi connectivity index (χ0n) is 15.1. The molecule has 1 atom stereocenters. The molecule has 1 aromatic rings. The third-order valence-electron chi connectivity index (χ3n) is 4.80. The van der Waals surface area contributed by atoms with Crippen LogP contribution in [0.2, 0.25) is 0 Å². The van der Waals surface area contributed by atoms with E-state index in [2.05, 4.69) is 21.2 Å². The summed E-state index contributed by atoms with van der Waals surface area (Å²) in [4.78, 5) is 16.7. The molecule has 1 N–H and O–H groups in total. The molecule has 6 heteroatoms. The lowest BCUT2D eigenvalue weighted by Gasteiger charge is -2.36. The first-order chi connectivity index (χ1) is 12.3. The number of nitrogens with one attached hydrogen (secondary N) is 1. The summed E-state index contributed by atoms with van der Waals surface area (Å²) < 4.78 is 11.3. The Hall–Kier alpha value is -1.79. The highest BCUT2D eigenvalue weighted by Crippen LogP contribution is 2.28. The quantitative estimate of drug-likeness (QED) is 0.810. The lowest BCUT2D eigenvalue weighted by atomic mass is 10.2. The highest BCUT2D eigenvalue weighted by Gasteiger charge is 2.22. The van der Waals surface area contributed by atoms with Crippen molar-refractivity contribution in [1.29, 1.82) is 0 Å². The van der Waals surface area contributed by atoms with Gasteiger partial charge in [0.15, 0.2) is 0 Å². The van der Waals surface area contributed by atoms with Crippen molar-refractivity contribution in [2.45, 2.75) is 25.9 Å². The first kappa shape index (κ1) is 18.0. The van der Waals surface area contributed by atoms with Gasteiger partial charge in [-0.1, -0.05) is 12.1 Å². The van der Waals surface area contributed by atoms with Gasteiger partial charge in [-0.25, -0.2) is 0 Å². The molecule has 0 aromatic heterocycles. The molecule has 138 valence electrons. The van der Waals surface area contributed by atoms with Crippen molar-refractivity contribution >= 4 is 11.6 Å². The van der Waals surface area contributed by atoms with Crippen LogP contribution in [-0.2, 0) is 9.53 Å². The Balaban J connectivity index is 1.43. The zero-order chi connectivity index (χ0) is 17.5. The number of rotatable bonds is 7. The van der Waals surface area contributed by atoms with Gasteiger partial charge in [0.2, 0.25) is 5.91 Å². The van der Waals surface area contributed by atoms with Crippen LogP contribution in [0.15, 0.2) is 24.3 Å². The van der Waals surface area contributed by atoms with E-state index in [0.29, 0.717) is 19.7 Å². The van der Waals surface area contributed by atoms with E-state index in [-0.39, 0.29) is 12.0 Å². The molecular weight excluding hydrogens is 318 g/mol. The summed E-state index contributed by atoms with van der Waals surface area (Å²) in [5.41, 5.74) is 1.15. The fraction of sp³-hybridized carbons (Fsp3) is 0.632. The van der Waals surface area contributed by atoms with Crippen molar-refractivity contribution < 1.29 is 14.3 Å². The maximum absolute atomic E-state index is 12.1. The van der Waals surface area contributed by atoms with Crippen LogP contribution >= 0.6 is 0 Å². The van der Waals surface area contributed by atoms with E-state index in [4.69, 9.17) is 9.47 Å². The number of carbonyl (C=O) groups is 1. The zero-order valence-corrected chi connectivity index (χ0v) is 15.1. The van der Waals surface area contributed by atoms with Crippen LogP contribution in [0.5, 0.6) is 5.75 Å². The molecule has 1 aromatic carbocycles. The minimum Gasteiger partial charge on any atom is -0.492 e. The van der Waals surface area contributed by atoms with Gasteiger partial charge in [0.25, 0.3) is 0 Å². The monoisotopic (exact) mass is 347 g/mol. The Morgan fingerprint density at radius 3 is 2.80 bits per heavy atom. The highest BCUT2D eigenvalue weighted by molar-refractivity contribution is 5.78. The molecule has 0 aliphatic carbocycles. The second kappa shape index (κ2) is 9.06. The summed E-state index contributed by atoms with van der Waals surface area (Å²) in [6, 6.07) is 8.17. The van der Waals surface area contributed by atoms with Crippen LogP contribution in [0.3, 0.4) is 0 Å². The second-order valence-corrected chi connectivity index (χ2v) is 6.60. The van der Waals surface area contributed by atoms with Gasteiger partial charge in [0, 0.05) is 39.3 Å². The number of carbonyl (C=O) groups excluding carboxylic acids is 1. The average molecular weight is 347 g/mol. The fourth-order valence-corrected chi connectivity index (χ4v) is 3.43. The highest BCUT2D eigenvalue weighted by atomic mass is 16.5. The van der Waals surface area contributed by atoms with Gasteiger partial charge in [-0.15, -0.1) is 0 Å². The molecule has 0 unspecified atom stereocenters. The van der Waals surface area contributed by atoms with Crippen LogP contribution in [0.25, 0.3) is 0 Å². The SMILES string of the molecule is CCOc1ccccc1N1CCN(CC(=O)NC[C@H]2CCCO2)CC1. The predicted octanol–water partition coefficient (Wildman–Crippen LogP) is 1.50. The van der Waals surface area contributed by atoms with Gasteiger partial charge >= 0.3 is 0 Å². The number of hydrogen-bond donors (Lipinski definition) is 1. The minimum atomic E-state index is 0.0960. The molecular formula is C19H29N3O3. The summed E-state index contributed by atoms with van der Waals surface area (Å²) in [6.45, 7) is 8.18. The number of piperazine rings is 1. The Labute approximate surface area is 150 Å². The standard InChI is InChI=1S/C19H29N3O3/c1-2-24-18-8-4-3-7-17(18)22-11-9-21(10-12-22)15-19(23)20-14-16-6-5-13-25-16/h3-4,7-8,16H,2,5-6,9-15H2,1H3,(H,20,23)/t16-/m1/s1. The van der Waals surface area contributed by atoms with Crippen LogP contribution in [0, 0.1) is 0 Å². The third-order valence-corrected chi connectivity index (χ3v) is 4.80. The molecule has 3 rings (SSSR count). The van der Waals surface area contributed by atoms with E-state index in [1.165, 1.54) is 0 Å². The van der Waals surface area contributed by atoms with Crippen LogP contribution in [-0.4, -0.2) is 69.4 Å². The third kappa shape index (κ3) is 5.09. The number of para-hydroxylation sites is 2. The second-order valence-electron chi connectivity index (χ2n) is 6.60. The molecule has 0 spiro atoms. The van der Waals surface area contributed by atoms with Crippen molar-refractivity contribution in [2.24, 2.45) is 0 Å². The van der Waals surface area contributed by atoms with Crippen molar-refractivity contribution in [3.05, 3.63) is 24.3 Å². The van der Waals surface area contributed by atoms with Crippen LogP contribution < -0.4 is 15.0 Å². The lowest BCUT2D eigenvalue weighted by molar-refractivity contribution is -0.122. The van der Waals surface area contributed by atoms with Gasteiger partial charge in [-0.05, 0) is 31.9 Å². The van der Waals surface area contributed by atoms with E-state index in [1.807, 2.05) is 25.1 Å². The maximum atomic E-state index is 12.1. The molecule has 1 amide bonds. The van der Waals surface area contributed by atoms with Crippen molar-refractivity contribution in [3.63, 3.8) is 0 Å². The summed E-state index contributed by atoms with van der Waals surface area (Å²) in [6.07, 6.45) is 2.36. The normalized spacial score (nSPS) is 21.3. The Morgan fingerprint density at radius 1 is 1.28 bits per heavy atom. The van der Waals surface area contributed by atoms with Crippen LogP contribution in [0.1, 0.15) is 19.8 Å². The first-order valence-electron chi connectivity index (χ1n) is 9.33. The van der Waals surface area contributed by atoms with E-state index in [9.17, 15) is 4.79 Å². The summed E-state index contributed by atoms with van der Waals surface area (Å²) in [7, 11) is 0. The molecule has 0 saturated carbocycles. The Bertz CT molecular complexity index is 553. The molecule has 2 aliphatic heterocycles. The predicted molar refractivity (Wildman–Crippen MR) is 98.2 cm³/mol. The van der Waals surface area contributed by atoms with E-state index in [1.54, 1.807) is 0 Å². The van der Waals surface area contributed by atoms with Crippen molar-refractivity contribution in [1.82, 2.24) is 10.2 Å². The van der Waals surface area contributed by atoms with Gasteiger partial charge in [0.1, 0.15) is 5.75 Å². The molecule has 0 bridgehead atoms. The van der Waals surface area contributed by atoms with Gasteiger partial charge < -0.3 is 19.7 Å². The molecule has 25 heavy (non-hydrogen) atoms. The molecule has 2 aliphatic rings. The van der Waals surface area contributed by atoms with E-state index >= 15 is 0 Å². The number of ether oxygens (including phenoxy) is 2. The van der Waals surface area contributed by atoms with Crippen molar-refractivity contribution in [3.8, 4) is 5.75 Å².